The van der Waals surface area contributed by atoms with Crippen LogP contribution in [0.4, 0.5) is 0 Å². The van der Waals surface area contributed by atoms with E-state index in [2.05, 4.69) is 0 Å². The lowest BCUT2D eigenvalue weighted by molar-refractivity contribution is 0.302. The zero-order valence-electron chi connectivity index (χ0n) is 20.0. The van der Waals surface area contributed by atoms with E-state index in [4.69, 9.17) is 18.9 Å². The molecule has 0 radical (unpaired) electrons. The highest BCUT2D eigenvalue weighted by Gasteiger charge is 2.09. The fourth-order valence-corrected chi connectivity index (χ4v) is 4.06. The van der Waals surface area contributed by atoms with Crippen molar-refractivity contribution in [2.75, 3.05) is 0 Å². The molecule has 37 heavy (non-hydrogen) atoms. The largest absolute Gasteiger partial charge is 0.508 e. The molecule has 0 aliphatic carbocycles. The summed E-state index contributed by atoms with van der Waals surface area (Å²) >= 11 is 0. The lowest BCUT2D eigenvalue weighted by Gasteiger charge is -2.13. The molecular formula is C32H24O5. The quantitative estimate of drug-likeness (QED) is 0.258. The standard InChI is InChI=1S/C32H24O5/c33-26-7-5-24(6-8-26)25-17-31-19-32(18-25)37-30-15-11-28(12-16-30)35-21-23-2-1-22(3-4-23)20-34-27-9-13-29(36-31)14-10-27/h1-19,33H,20-21H2. The molecule has 0 amide bonds. The highest BCUT2D eigenvalue weighted by Crippen LogP contribution is 2.36. The van der Waals surface area contributed by atoms with Gasteiger partial charge in [-0.1, -0.05) is 36.4 Å². The molecule has 5 heterocycles. The van der Waals surface area contributed by atoms with E-state index >= 15 is 0 Å². The van der Waals surface area contributed by atoms with Gasteiger partial charge in [-0.2, -0.15) is 0 Å². The molecule has 5 nitrogen and oxygen atoms in total. The number of ether oxygens (including phenoxy) is 4. The Morgan fingerprint density at radius 3 is 1.30 bits per heavy atom. The Bertz CT molecular complexity index is 1400. The molecule has 1 N–H and O–H groups in total. The minimum Gasteiger partial charge on any atom is -0.508 e. The Balaban J connectivity index is 1.36. The van der Waals surface area contributed by atoms with Crippen LogP contribution >= 0.6 is 0 Å². The van der Waals surface area contributed by atoms with Crippen LogP contribution in [0, 0.1) is 0 Å². The zero-order chi connectivity index (χ0) is 25.0. The van der Waals surface area contributed by atoms with Crippen molar-refractivity contribution in [3.8, 4) is 51.4 Å². The highest BCUT2D eigenvalue weighted by atomic mass is 16.5. The minimum atomic E-state index is 0.212. The maximum Gasteiger partial charge on any atom is 0.131 e. The van der Waals surface area contributed by atoms with Crippen molar-refractivity contribution in [1.29, 1.82) is 0 Å². The zero-order valence-corrected chi connectivity index (χ0v) is 20.0. The molecule has 5 aliphatic heterocycles. The van der Waals surface area contributed by atoms with Crippen LogP contribution in [0.5, 0.6) is 40.2 Å². The van der Waals surface area contributed by atoms with Crippen LogP contribution in [0.1, 0.15) is 11.1 Å². The Morgan fingerprint density at radius 1 is 0.405 bits per heavy atom. The Hall–Kier alpha value is -4.90. The van der Waals surface area contributed by atoms with Gasteiger partial charge in [0.2, 0.25) is 0 Å². The Kier molecular flexibility index (Phi) is 6.09. The average Bonchev–Trinajstić information content (AvgIpc) is 2.93. The maximum absolute atomic E-state index is 9.71. The van der Waals surface area contributed by atoms with Crippen LogP contribution in [0.25, 0.3) is 11.1 Å². The topological polar surface area (TPSA) is 57.2 Å². The van der Waals surface area contributed by atoms with Crippen LogP contribution in [-0.2, 0) is 13.2 Å². The summed E-state index contributed by atoms with van der Waals surface area (Å²) in [6.45, 7) is 0.941. The van der Waals surface area contributed by atoms with Crippen LogP contribution < -0.4 is 18.9 Å². The number of hydrogen-bond acceptors (Lipinski definition) is 5. The molecule has 0 fully saturated rings. The summed E-state index contributed by atoms with van der Waals surface area (Å²) in [7, 11) is 0. The van der Waals surface area contributed by atoms with Gasteiger partial charge in [-0.05, 0) is 95.1 Å². The van der Waals surface area contributed by atoms with Crippen molar-refractivity contribution < 1.29 is 24.1 Å². The van der Waals surface area contributed by atoms with Gasteiger partial charge in [0.25, 0.3) is 0 Å². The smallest absolute Gasteiger partial charge is 0.131 e. The van der Waals surface area contributed by atoms with Crippen molar-refractivity contribution in [2.24, 2.45) is 0 Å². The number of phenols is 1. The molecular weight excluding hydrogens is 464 g/mol. The first-order valence-corrected chi connectivity index (χ1v) is 12.0. The molecule has 0 unspecified atom stereocenters. The molecule has 0 atom stereocenters. The number of hydrogen-bond donors (Lipinski definition) is 1. The first kappa shape index (κ1) is 22.6. The van der Waals surface area contributed by atoms with Crippen LogP contribution in [-0.4, -0.2) is 5.11 Å². The van der Waals surface area contributed by atoms with Crippen LogP contribution in [0.15, 0.2) is 115 Å². The van der Waals surface area contributed by atoms with Gasteiger partial charge in [0.1, 0.15) is 53.5 Å². The molecule has 0 saturated heterocycles. The van der Waals surface area contributed by atoms with E-state index in [1.807, 2.05) is 103 Å². The molecule has 0 saturated carbocycles. The summed E-state index contributed by atoms with van der Waals surface area (Å²) in [5.74, 6) is 4.34. The van der Waals surface area contributed by atoms with Gasteiger partial charge in [-0.3, -0.25) is 0 Å². The van der Waals surface area contributed by atoms with Crippen molar-refractivity contribution in [1.82, 2.24) is 0 Å². The number of aromatic hydroxyl groups is 1. The Labute approximate surface area is 215 Å². The van der Waals surface area contributed by atoms with Crippen LogP contribution in [0.2, 0.25) is 0 Å². The lowest BCUT2D eigenvalue weighted by atomic mass is 10.0. The van der Waals surface area contributed by atoms with Crippen molar-refractivity contribution in [3.63, 3.8) is 0 Å². The second kappa shape index (κ2) is 9.99. The molecule has 5 aliphatic rings. The Morgan fingerprint density at radius 2 is 0.838 bits per heavy atom. The molecule has 0 aromatic heterocycles. The summed E-state index contributed by atoms with van der Waals surface area (Å²) in [5, 5.41) is 9.71. The summed E-state index contributed by atoms with van der Waals surface area (Å²) in [6.07, 6.45) is 0. The van der Waals surface area contributed by atoms with E-state index in [0.29, 0.717) is 36.2 Å². The number of benzene rings is 5. The van der Waals surface area contributed by atoms with Crippen molar-refractivity contribution >= 4 is 0 Å². The van der Waals surface area contributed by atoms with E-state index in [0.717, 1.165) is 33.8 Å². The molecule has 8 bridgehead atoms. The fourth-order valence-electron chi connectivity index (χ4n) is 4.06. The van der Waals surface area contributed by atoms with Gasteiger partial charge in [-0.25, -0.2) is 0 Å². The molecule has 5 aromatic carbocycles. The molecule has 10 rings (SSSR count). The number of fused-ring (bicyclic) bond motifs is 1. The predicted octanol–water partition coefficient (Wildman–Crippen LogP) is 8.12. The number of rotatable bonds is 1. The van der Waals surface area contributed by atoms with E-state index in [9.17, 15) is 5.11 Å². The second-order valence-electron chi connectivity index (χ2n) is 8.78. The van der Waals surface area contributed by atoms with E-state index in [-0.39, 0.29) is 5.75 Å². The first-order valence-electron chi connectivity index (χ1n) is 12.0. The first-order chi connectivity index (χ1) is 18.2. The van der Waals surface area contributed by atoms with Gasteiger partial charge in [-0.15, -0.1) is 0 Å². The molecule has 0 spiro atoms. The molecule has 182 valence electrons. The lowest BCUT2D eigenvalue weighted by Crippen LogP contribution is -1.98. The summed E-state index contributed by atoms with van der Waals surface area (Å²) < 4.78 is 24.3. The second-order valence-corrected chi connectivity index (χ2v) is 8.78. The predicted molar refractivity (Wildman–Crippen MR) is 142 cm³/mol. The van der Waals surface area contributed by atoms with E-state index < -0.39 is 0 Å². The third-order valence-corrected chi connectivity index (χ3v) is 6.03. The van der Waals surface area contributed by atoms with Crippen molar-refractivity contribution in [2.45, 2.75) is 13.2 Å². The van der Waals surface area contributed by atoms with Crippen LogP contribution in [0.3, 0.4) is 0 Å². The fraction of sp³-hybridized carbons (Fsp3) is 0.0625. The summed E-state index contributed by atoms with van der Waals surface area (Å²) in [4.78, 5) is 0. The number of phenolic OH excluding ortho intramolecular Hbond substituents is 1. The monoisotopic (exact) mass is 488 g/mol. The van der Waals surface area contributed by atoms with Gasteiger partial charge in [0.15, 0.2) is 0 Å². The van der Waals surface area contributed by atoms with Gasteiger partial charge >= 0.3 is 0 Å². The molecule has 5 aromatic rings. The average molecular weight is 489 g/mol. The summed E-state index contributed by atoms with van der Waals surface area (Å²) in [5.41, 5.74) is 3.98. The normalized spacial score (nSPS) is 12.5. The van der Waals surface area contributed by atoms with E-state index in [1.54, 1.807) is 12.1 Å². The SMILES string of the molecule is Oc1ccc(-c2cc3cc(c2)Oc2ccc(cc2)OCc2ccc(cc2)COc2ccc(cc2)O3)cc1. The third kappa shape index (κ3) is 5.52. The molecule has 5 heteroatoms. The minimum absolute atomic E-state index is 0.212. The van der Waals surface area contributed by atoms with Gasteiger partial charge < -0.3 is 24.1 Å². The maximum atomic E-state index is 9.71. The van der Waals surface area contributed by atoms with E-state index in [1.165, 1.54) is 0 Å². The van der Waals surface area contributed by atoms with Crippen molar-refractivity contribution in [3.05, 3.63) is 126 Å². The third-order valence-electron chi connectivity index (χ3n) is 6.03. The van der Waals surface area contributed by atoms with Gasteiger partial charge in [0.05, 0.1) is 0 Å². The summed E-state index contributed by atoms with van der Waals surface area (Å²) in [6, 6.07) is 36.1. The van der Waals surface area contributed by atoms with Gasteiger partial charge in [0, 0.05) is 6.07 Å². The highest BCUT2D eigenvalue weighted by molar-refractivity contribution is 5.68.